The van der Waals surface area contributed by atoms with Crippen LogP contribution in [-0.4, -0.2) is 52.3 Å². The Kier molecular flexibility index (Phi) is 3.45. The van der Waals surface area contributed by atoms with E-state index in [-0.39, 0.29) is 12.0 Å². The Morgan fingerprint density at radius 1 is 1.30 bits per heavy atom. The molecule has 2 aromatic rings. The summed E-state index contributed by atoms with van der Waals surface area (Å²) in [6.45, 7) is 5.16. The van der Waals surface area contributed by atoms with E-state index < -0.39 is 0 Å². The van der Waals surface area contributed by atoms with E-state index in [9.17, 15) is 0 Å². The SMILES string of the molecule is CC1COCCN1c1nc2c(c(-c3cnc(N)nc3)n1)CCN2. The van der Waals surface area contributed by atoms with Crippen molar-refractivity contribution in [3.05, 3.63) is 18.0 Å². The third kappa shape index (κ3) is 2.55. The zero-order valence-electron chi connectivity index (χ0n) is 13.0. The van der Waals surface area contributed by atoms with Crippen molar-refractivity contribution >= 4 is 17.7 Å². The molecule has 4 heterocycles. The van der Waals surface area contributed by atoms with Gasteiger partial charge in [0.2, 0.25) is 11.9 Å². The van der Waals surface area contributed by atoms with Crippen molar-refractivity contribution < 1.29 is 4.74 Å². The zero-order valence-corrected chi connectivity index (χ0v) is 13.0. The first-order valence-electron chi connectivity index (χ1n) is 7.79. The van der Waals surface area contributed by atoms with Gasteiger partial charge in [0, 0.05) is 36.6 Å². The molecule has 8 nitrogen and oxygen atoms in total. The minimum absolute atomic E-state index is 0.249. The summed E-state index contributed by atoms with van der Waals surface area (Å²) < 4.78 is 5.51. The van der Waals surface area contributed by atoms with Gasteiger partial charge in [0.1, 0.15) is 5.82 Å². The summed E-state index contributed by atoms with van der Waals surface area (Å²) in [7, 11) is 0. The molecule has 2 aliphatic rings. The van der Waals surface area contributed by atoms with Crippen LogP contribution < -0.4 is 16.0 Å². The molecule has 0 radical (unpaired) electrons. The molecule has 2 aliphatic heterocycles. The van der Waals surface area contributed by atoms with Gasteiger partial charge in [0.25, 0.3) is 0 Å². The average molecular weight is 313 g/mol. The lowest BCUT2D eigenvalue weighted by Gasteiger charge is -2.33. The monoisotopic (exact) mass is 313 g/mol. The lowest BCUT2D eigenvalue weighted by molar-refractivity contribution is 0.0981. The third-order valence-corrected chi connectivity index (χ3v) is 4.23. The standard InChI is InChI=1S/C15H19N7O/c1-9-8-23-5-4-22(9)15-20-12(10-6-18-14(16)19-7-10)11-2-3-17-13(11)21-15/h6-7,9H,2-5,8H2,1H3,(H2,16,18,19)(H,17,20,21). The maximum Gasteiger partial charge on any atom is 0.228 e. The second-order valence-electron chi connectivity index (χ2n) is 5.82. The van der Waals surface area contributed by atoms with Crippen LogP contribution in [0.15, 0.2) is 12.4 Å². The Morgan fingerprint density at radius 3 is 2.91 bits per heavy atom. The number of nitrogen functional groups attached to an aromatic ring is 1. The summed E-state index contributed by atoms with van der Waals surface area (Å²) in [6.07, 6.45) is 4.33. The van der Waals surface area contributed by atoms with Gasteiger partial charge >= 0.3 is 0 Å². The number of morpholine rings is 1. The van der Waals surface area contributed by atoms with Gasteiger partial charge in [-0.05, 0) is 13.3 Å². The quantitative estimate of drug-likeness (QED) is 0.835. The highest BCUT2D eigenvalue weighted by Gasteiger charge is 2.26. The van der Waals surface area contributed by atoms with Crippen LogP contribution in [0.1, 0.15) is 12.5 Å². The van der Waals surface area contributed by atoms with E-state index in [1.807, 2.05) is 0 Å². The van der Waals surface area contributed by atoms with Crippen LogP contribution in [0.3, 0.4) is 0 Å². The highest BCUT2D eigenvalue weighted by atomic mass is 16.5. The summed E-state index contributed by atoms with van der Waals surface area (Å²) in [5.74, 6) is 1.89. The highest BCUT2D eigenvalue weighted by Crippen LogP contribution is 2.32. The van der Waals surface area contributed by atoms with Gasteiger partial charge in [-0.15, -0.1) is 0 Å². The van der Waals surface area contributed by atoms with Crippen LogP contribution >= 0.6 is 0 Å². The molecular weight excluding hydrogens is 294 g/mol. The lowest BCUT2D eigenvalue weighted by Crippen LogP contribution is -2.44. The first-order valence-corrected chi connectivity index (χ1v) is 7.79. The summed E-state index contributed by atoms with van der Waals surface area (Å²) in [5, 5.41) is 3.34. The molecule has 1 atom stereocenters. The smallest absolute Gasteiger partial charge is 0.228 e. The van der Waals surface area contributed by atoms with Crippen molar-refractivity contribution in [3.63, 3.8) is 0 Å². The Morgan fingerprint density at radius 2 is 2.13 bits per heavy atom. The predicted octanol–water partition coefficient (Wildman–Crippen LogP) is 0.709. The van der Waals surface area contributed by atoms with Crippen molar-refractivity contribution in [2.45, 2.75) is 19.4 Å². The molecular formula is C15H19N7O. The fourth-order valence-corrected chi connectivity index (χ4v) is 3.01. The molecule has 23 heavy (non-hydrogen) atoms. The number of rotatable bonds is 2. The Hall–Kier alpha value is -2.48. The summed E-state index contributed by atoms with van der Waals surface area (Å²) >= 11 is 0. The zero-order chi connectivity index (χ0) is 15.8. The van der Waals surface area contributed by atoms with E-state index in [1.54, 1.807) is 12.4 Å². The van der Waals surface area contributed by atoms with E-state index >= 15 is 0 Å². The number of hydrogen-bond acceptors (Lipinski definition) is 8. The van der Waals surface area contributed by atoms with E-state index in [1.165, 1.54) is 0 Å². The molecule has 0 saturated carbocycles. The van der Waals surface area contributed by atoms with Crippen LogP contribution in [0.4, 0.5) is 17.7 Å². The molecule has 0 amide bonds. The second-order valence-corrected chi connectivity index (χ2v) is 5.82. The number of nitrogens with two attached hydrogens (primary N) is 1. The minimum atomic E-state index is 0.249. The lowest BCUT2D eigenvalue weighted by atomic mass is 10.1. The first-order chi connectivity index (χ1) is 11.2. The first kappa shape index (κ1) is 14.1. The molecule has 0 spiro atoms. The van der Waals surface area contributed by atoms with Crippen LogP contribution in [0, 0.1) is 0 Å². The van der Waals surface area contributed by atoms with E-state index in [0.717, 1.165) is 48.1 Å². The largest absolute Gasteiger partial charge is 0.377 e. The van der Waals surface area contributed by atoms with Gasteiger partial charge in [-0.25, -0.2) is 15.0 Å². The highest BCUT2D eigenvalue weighted by molar-refractivity contribution is 5.71. The van der Waals surface area contributed by atoms with Crippen molar-refractivity contribution in [1.29, 1.82) is 0 Å². The van der Waals surface area contributed by atoms with Crippen LogP contribution in [0.2, 0.25) is 0 Å². The van der Waals surface area contributed by atoms with Crippen molar-refractivity contribution in [3.8, 4) is 11.3 Å². The fraction of sp³-hybridized carbons (Fsp3) is 0.467. The minimum Gasteiger partial charge on any atom is -0.377 e. The molecule has 0 bridgehead atoms. The van der Waals surface area contributed by atoms with Crippen LogP contribution in [0.5, 0.6) is 0 Å². The van der Waals surface area contributed by atoms with Gasteiger partial charge in [-0.2, -0.15) is 4.98 Å². The number of anilines is 3. The molecule has 1 unspecified atom stereocenters. The molecule has 1 saturated heterocycles. The topological polar surface area (TPSA) is 102 Å². The molecule has 4 rings (SSSR count). The fourth-order valence-electron chi connectivity index (χ4n) is 3.01. The molecule has 2 aromatic heterocycles. The second kappa shape index (κ2) is 5.62. The molecule has 3 N–H and O–H groups in total. The number of nitrogens with one attached hydrogen (secondary N) is 1. The number of nitrogens with zero attached hydrogens (tertiary/aromatic N) is 5. The van der Waals surface area contributed by atoms with E-state index in [2.05, 4.69) is 27.1 Å². The third-order valence-electron chi connectivity index (χ3n) is 4.23. The maximum atomic E-state index is 5.59. The Labute approximate surface area is 134 Å². The predicted molar refractivity (Wildman–Crippen MR) is 87.3 cm³/mol. The van der Waals surface area contributed by atoms with E-state index in [4.69, 9.17) is 20.4 Å². The summed E-state index contributed by atoms with van der Waals surface area (Å²) in [5.41, 5.74) is 8.45. The van der Waals surface area contributed by atoms with Crippen molar-refractivity contribution in [2.75, 3.05) is 42.3 Å². The number of ether oxygens (including phenoxy) is 1. The number of fused-ring (bicyclic) bond motifs is 1. The summed E-state index contributed by atoms with van der Waals surface area (Å²) in [4.78, 5) is 19.9. The number of hydrogen-bond donors (Lipinski definition) is 2. The van der Waals surface area contributed by atoms with Crippen molar-refractivity contribution in [1.82, 2.24) is 19.9 Å². The normalized spacial score (nSPS) is 20.2. The van der Waals surface area contributed by atoms with Gasteiger partial charge in [0.15, 0.2) is 0 Å². The van der Waals surface area contributed by atoms with Crippen molar-refractivity contribution in [2.24, 2.45) is 0 Å². The average Bonchev–Trinajstić information content (AvgIpc) is 3.04. The summed E-state index contributed by atoms with van der Waals surface area (Å²) in [6, 6.07) is 0.249. The molecule has 0 aromatic carbocycles. The van der Waals surface area contributed by atoms with Crippen LogP contribution in [-0.2, 0) is 11.2 Å². The molecule has 0 aliphatic carbocycles. The van der Waals surface area contributed by atoms with E-state index in [0.29, 0.717) is 13.2 Å². The molecule has 1 fully saturated rings. The van der Waals surface area contributed by atoms with Gasteiger partial charge < -0.3 is 20.7 Å². The number of aromatic nitrogens is 4. The molecule has 120 valence electrons. The molecule has 8 heteroatoms. The van der Waals surface area contributed by atoms with Gasteiger partial charge in [-0.3, -0.25) is 0 Å². The van der Waals surface area contributed by atoms with Gasteiger partial charge in [-0.1, -0.05) is 0 Å². The Bertz CT molecular complexity index is 719. The Balaban J connectivity index is 1.80. The van der Waals surface area contributed by atoms with Crippen LogP contribution in [0.25, 0.3) is 11.3 Å². The van der Waals surface area contributed by atoms with Gasteiger partial charge in [0.05, 0.1) is 24.9 Å². The maximum absolute atomic E-state index is 5.59.